The topological polar surface area (TPSA) is 42.5 Å². The summed E-state index contributed by atoms with van der Waals surface area (Å²) in [5.74, 6) is 2.09. The minimum atomic E-state index is -2.92. The molecule has 48 heavy (non-hydrogen) atoms. The lowest BCUT2D eigenvalue weighted by Gasteiger charge is -2.55. The van der Waals surface area contributed by atoms with Crippen molar-refractivity contribution in [3.05, 3.63) is 84.6 Å². The van der Waals surface area contributed by atoms with Crippen LogP contribution in [0.3, 0.4) is 0 Å². The number of allylic oxidation sites excluding steroid dienone is 1. The normalized spacial score (nSPS) is 25.8. The highest BCUT2D eigenvalue weighted by atomic mass is 19.3. The molecule has 0 radical (unpaired) electrons. The van der Waals surface area contributed by atoms with E-state index in [-0.39, 0.29) is 34.3 Å². The lowest BCUT2D eigenvalue weighted by Crippen LogP contribution is -2.53. The van der Waals surface area contributed by atoms with Gasteiger partial charge in [0, 0.05) is 17.7 Å². The monoisotopic (exact) mass is 672 g/mol. The Morgan fingerprint density at radius 3 is 1.98 bits per heavy atom. The summed E-state index contributed by atoms with van der Waals surface area (Å²) in [6.07, 6.45) is 10.9. The third-order valence-electron chi connectivity index (χ3n) is 11.8. The second kappa shape index (κ2) is 16.6. The molecule has 8 heteroatoms. The van der Waals surface area contributed by atoms with Crippen LogP contribution in [-0.2, 0) is 0 Å². The van der Waals surface area contributed by atoms with Gasteiger partial charge in [-0.1, -0.05) is 78.0 Å². The summed E-state index contributed by atoms with van der Waals surface area (Å²) in [5, 5.41) is 7.61. The van der Waals surface area contributed by atoms with Crippen LogP contribution in [-0.4, -0.2) is 25.8 Å². The fourth-order valence-corrected chi connectivity index (χ4v) is 9.56. The molecule has 7 atom stereocenters. The van der Waals surface area contributed by atoms with E-state index in [0.29, 0.717) is 23.8 Å². The smallest absolute Gasteiger partial charge is 0.387 e. The molecule has 4 rings (SSSR count). The molecule has 0 bridgehead atoms. The Kier molecular flexibility index (Phi) is 13.1. The molecule has 2 aromatic carbocycles. The Labute approximate surface area is 285 Å². The van der Waals surface area contributed by atoms with Crippen molar-refractivity contribution >= 4 is 0 Å². The molecular weight excluding hydrogens is 616 g/mol. The molecule has 2 aliphatic rings. The van der Waals surface area contributed by atoms with Crippen molar-refractivity contribution in [2.24, 2.45) is 34.5 Å². The van der Waals surface area contributed by atoms with E-state index in [9.17, 15) is 17.6 Å². The Bertz CT molecular complexity index is 1270. The molecule has 2 aliphatic carbocycles. The highest BCUT2D eigenvalue weighted by Gasteiger charge is 2.57. The molecule has 0 amide bonds. The summed E-state index contributed by atoms with van der Waals surface area (Å²) >= 11 is 0. The van der Waals surface area contributed by atoms with E-state index in [4.69, 9.17) is 0 Å². The number of rotatable bonds is 18. The minimum Gasteiger partial charge on any atom is -0.435 e. The molecule has 2 saturated carbocycles. The van der Waals surface area contributed by atoms with Crippen molar-refractivity contribution in [2.45, 2.75) is 111 Å². The molecule has 2 N–H and O–H groups in total. The van der Waals surface area contributed by atoms with Crippen molar-refractivity contribution in [2.75, 3.05) is 6.54 Å². The summed E-state index contributed by atoms with van der Waals surface area (Å²) in [6, 6.07) is 13.1. The zero-order chi connectivity index (χ0) is 35.1. The average Bonchev–Trinajstić information content (AvgIpc) is 3.40. The highest BCUT2D eigenvalue weighted by Crippen LogP contribution is 2.63. The van der Waals surface area contributed by atoms with Crippen molar-refractivity contribution in [3.8, 4) is 11.5 Å². The lowest BCUT2D eigenvalue weighted by molar-refractivity contribution is -0.0505. The zero-order valence-corrected chi connectivity index (χ0v) is 29.4. The molecule has 5 unspecified atom stereocenters. The molecular formula is C40H56F4N2O2. The van der Waals surface area contributed by atoms with Gasteiger partial charge in [0.1, 0.15) is 11.5 Å². The Morgan fingerprint density at radius 1 is 0.938 bits per heavy atom. The van der Waals surface area contributed by atoms with Gasteiger partial charge in [-0.15, -0.1) is 6.58 Å². The van der Waals surface area contributed by atoms with Gasteiger partial charge in [-0.3, -0.25) is 0 Å². The Morgan fingerprint density at radius 2 is 1.50 bits per heavy atom. The molecule has 2 fully saturated rings. The van der Waals surface area contributed by atoms with Gasteiger partial charge >= 0.3 is 13.2 Å². The number of fused-ring (bicyclic) bond motifs is 1. The predicted molar refractivity (Wildman–Crippen MR) is 186 cm³/mol. The number of halogens is 4. The quantitative estimate of drug-likeness (QED) is 0.122. The van der Waals surface area contributed by atoms with Gasteiger partial charge in [-0.05, 0) is 115 Å². The van der Waals surface area contributed by atoms with Crippen LogP contribution in [0.2, 0.25) is 0 Å². The van der Waals surface area contributed by atoms with Crippen LogP contribution in [0.1, 0.15) is 103 Å². The summed E-state index contributed by atoms with van der Waals surface area (Å²) < 4.78 is 60.6. The summed E-state index contributed by atoms with van der Waals surface area (Å²) in [5.41, 5.74) is 2.83. The van der Waals surface area contributed by atoms with Gasteiger partial charge in [0.25, 0.3) is 0 Å². The average molecular weight is 673 g/mol. The van der Waals surface area contributed by atoms with Crippen molar-refractivity contribution < 1.29 is 27.0 Å². The van der Waals surface area contributed by atoms with Crippen LogP contribution >= 0.6 is 0 Å². The van der Waals surface area contributed by atoms with E-state index in [1.807, 2.05) is 0 Å². The number of benzene rings is 2. The summed E-state index contributed by atoms with van der Waals surface area (Å²) in [4.78, 5) is 0. The third-order valence-corrected chi connectivity index (χ3v) is 11.8. The van der Waals surface area contributed by atoms with E-state index in [1.54, 1.807) is 24.3 Å². The highest BCUT2D eigenvalue weighted by molar-refractivity contribution is 5.39. The molecule has 0 heterocycles. The van der Waals surface area contributed by atoms with E-state index in [2.05, 4.69) is 74.0 Å². The van der Waals surface area contributed by atoms with Crippen LogP contribution in [0, 0.1) is 34.5 Å². The van der Waals surface area contributed by atoms with Crippen LogP contribution < -0.4 is 20.1 Å². The van der Waals surface area contributed by atoms with Gasteiger partial charge in [0.15, 0.2) is 0 Å². The second-order valence-electron chi connectivity index (χ2n) is 14.5. The lowest BCUT2D eigenvalue weighted by atomic mass is 9.51. The van der Waals surface area contributed by atoms with Gasteiger partial charge in [0.2, 0.25) is 0 Å². The summed E-state index contributed by atoms with van der Waals surface area (Å²) in [6.45, 7) is 15.9. The molecule has 0 aromatic heterocycles. The van der Waals surface area contributed by atoms with Crippen LogP contribution in [0.4, 0.5) is 17.6 Å². The molecule has 0 saturated heterocycles. The zero-order valence-electron chi connectivity index (χ0n) is 29.4. The Balaban J connectivity index is 1.58. The number of hydrogen-bond acceptors (Lipinski definition) is 4. The number of alkyl halides is 4. The maximum atomic E-state index is 12.8. The maximum absolute atomic E-state index is 12.8. The van der Waals surface area contributed by atoms with E-state index in [0.717, 1.165) is 68.3 Å². The number of hydrogen-bond donors (Lipinski definition) is 2. The first-order valence-electron chi connectivity index (χ1n) is 17.8. The van der Waals surface area contributed by atoms with E-state index in [1.165, 1.54) is 30.7 Å². The molecule has 0 aliphatic heterocycles. The number of ether oxygens (including phenoxy) is 2. The first-order chi connectivity index (χ1) is 22.9. The van der Waals surface area contributed by atoms with Crippen LogP contribution in [0.5, 0.6) is 11.5 Å². The van der Waals surface area contributed by atoms with Gasteiger partial charge in [-0.2, -0.15) is 17.6 Å². The largest absolute Gasteiger partial charge is 0.435 e. The fourth-order valence-electron chi connectivity index (χ4n) is 9.56. The minimum absolute atomic E-state index is 0.0687. The first-order valence-corrected chi connectivity index (χ1v) is 17.8. The Hall–Kier alpha value is -3.00. The molecule has 4 nitrogen and oxygen atoms in total. The number of nitrogens with one attached hydrogen (secondary N) is 2. The predicted octanol–water partition coefficient (Wildman–Crippen LogP) is 10.9. The van der Waals surface area contributed by atoms with Crippen LogP contribution in [0.15, 0.2) is 73.5 Å². The first kappa shape index (κ1) is 37.8. The van der Waals surface area contributed by atoms with Crippen molar-refractivity contribution in [3.63, 3.8) is 0 Å². The standard InChI is InChI=1S/C40H56F4N2O2/c1-8-11-35(45-25-10-3)40(7,23-9-2)33-22-24-39(6)32(26(33)4)20-21-34(39)27(5)46-36(28-12-16-30(17-13-28)47-37(41)42)29-14-18-31(19-15-29)48-38(43)44/h8,12-19,26,32-38,45-46H,1,5,9-11,20-25H2,2-4,6-7H3/t26?,32?,33?,34?,35?,39-,40+/m0/s1. The fraction of sp³-hybridized carbons (Fsp3) is 0.600. The van der Waals surface area contributed by atoms with E-state index >= 15 is 0 Å². The van der Waals surface area contributed by atoms with Crippen LogP contribution in [0.25, 0.3) is 0 Å². The summed E-state index contributed by atoms with van der Waals surface area (Å²) in [7, 11) is 0. The van der Waals surface area contributed by atoms with Gasteiger partial charge in [0.05, 0.1) is 6.04 Å². The van der Waals surface area contributed by atoms with Gasteiger partial charge in [-0.25, -0.2) is 0 Å². The van der Waals surface area contributed by atoms with E-state index < -0.39 is 13.2 Å². The maximum Gasteiger partial charge on any atom is 0.387 e. The molecule has 2 aromatic rings. The van der Waals surface area contributed by atoms with Crippen molar-refractivity contribution in [1.82, 2.24) is 10.6 Å². The molecule has 266 valence electrons. The SMILES string of the molecule is C=CCC(NCCC)[C@](C)(CCC)C1CC[C@]2(C)C(C(=C)NC(c3ccc(OC(F)F)cc3)c3ccc(OC(F)F)cc3)CCC2C1C. The third kappa shape index (κ3) is 8.40. The molecule has 0 spiro atoms. The van der Waals surface area contributed by atoms with Crippen molar-refractivity contribution in [1.29, 1.82) is 0 Å². The second-order valence-corrected chi connectivity index (χ2v) is 14.5. The van der Waals surface area contributed by atoms with Gasteiger partial charge < -0.3 is 20.1 Å².